The zero-order valence-corrected chi connectivity index (χ0v) is 45.1. The second kappa shape index (κ2) is 22.5. The maximum atomic E-state index is 15.7. The number of benzene rings is 2. The van der Waals surface area contributed by atoms with E-state index in [9.17, 15) is 29.1 Å². The lowest BCUT2D eigenvalue weighted by Gasteiger charge is -2.54. The SMILES string of the molecule is Cc1ncsc1-c1ccc(CNC(=O)[C@@H]2C[C@@H](O)CN2C(=O)[C@@H](NC(=O)CCCCCCCC(=O)N2CC3(CCN(C(=O)c4ccc(Nc5nc(C6CC6)cn6c(-c7cn[nH]c7)cnc56)c(F)c4)CC3)C2)C(C)(C)C)cc1. The highest BCUT2D eigenvalue weighted by Gasteiger charge is 2.47. The third-order valence-corrected chi connectivity index (χ3v) is 16.8. The topological polar surface area (TPSA) is 223 Å². The van der Waals surface area contributed by atoms with Crippen LogP contribution in [-0.4, -0.2) is 130 Å². The first-order chi connectivity index (χ1) is 37.0. The van der Waals surface area contributed by atoms with Crippen LogP contribution < -0.4 is 16.0 Å². The second-order valence-corrected chi connectivity index (χ2v) is 23.5. The highest BCUT2D eigenvalue weighted by molar-refractivity contribution is 7.13. The van der Waals surface area contributed by atoms with E-state index < -0.39 is 35.3 Å². The number of aromatic amines is 1. The summed E-state index contributed by atoms with van der Waals surface area (Å²) in [5.74, 6) is -0.851. The van der Waals surface area contributed by atoms with E-state index in [0.717, 1.165) is 90.0 Å². The van der Waals surface area contributed by atoms with Gasteiger partial charge in [-0.05, 0) is 80.2 Å². The molecule has 18 nitrogen and oxygen atoms in total. The number of nitrogens with one attached hydrogen (secondary N) is 4. The standard InChI is InChI=1S/C57H69FN12O6S/c1-35-49(77-34-61-35)38-14-12-36(13-15-38)26-60-53(74)45-25-41(71)30-70(45)55(76)50(56(2,3)4)66-47(72)10-8-6-5-7-9-11-48(73)68-32-57(33-68)20-22-67(23-21-57)54(75)39-18-19-43(42(58)24-39)64-51-52-59-29-46(40-27-62-63-28-40)69(52)31-44(65-51)37-16-17-37/h12-15,18-19,24,27-29,31,34,37,41,45,50,71H,5-11,16-17,20-23,25-26,30,32-33H2,1-4H3,(H,60,74)(H,62,63)(H,64,65)(H,66,72)/t41-,45+,50-/m1/s1. The lowest BCUT2D eigenvalue weighted by molar-refractivity contribution is -0.146. The molecule has 4 aliphatic rings. The van der Waals surface area contributed by atoms with E-state index in [1.165, 1.54) is 11.0 Å². The number of aryl methyl sites for hydroxylation is 1. The number of aromatic nitrogens is 6. The van der Waals surface area contributed by atoms with E-state index in [-0.39, 0.29) is 66.2 Å². The van der Waals surface area contributed by atoms with Crippen LogP contribution in [0.25, 0.3) is 27.3 Å². The van der Waals surface area contributed by atoms with Gasteiger partial charge in [0.1, 0.15) is 17.9 Å². The van der Waals surface area contributed by atoms with Crippen molar-refractivity contribution in [2.24, 2.45) is 10.8 Å². The molecule has 406 valence electrons. The maximum Gasteiger partial charge on any atom is 0.253 e. The van der Waals surface area contributed by atoms with Crippen molar-refractivity contribution in [1.29, 1.82) is 0 Å². The molecular formula is C57H69FN12O6S. The van der Waals surface area contributed by atoms with Crippen LogP contribution in [0.1, 0.15) is 131 Å². The van der Waals surface area contributed by atoms with E-state index in [0.29, 0.717) is 56.4 Å². The number of carbonyl (C=O) groups is 5. The van der Waals surface area contributed by atoms with Crippen molar-refractivity contribution in [2.45, 2.75) is 135 Å². The number of H-pyrrole nitrogens is 1. The molecule has 0 bridgehead atoms. The molecule has 3 aliphatic heterocycles. The van der Waals surface area contributed by atoms with Crippen molar-refractivity contribution in [2.75, 3.05) is 38.0 Å². The first-order valence-corrected chi connectivity index (χ1v) is 28.0. The predicted molar refractivity (Wildman–Crippen MR) is 290 cm³/mol. The van der Waals surface area contributed by atoms with Crippen LogP contribution in [-0.2, 0) is 25.7 Å². The Balaban J connectivity index is 0.615. The van der Waals surface area contributed by atoms with E-state index in [2.05, 4.69) is 36.1 Å². The quantitative estimate of drug-likeness (QED) is 0.0490. The van der Waals surface area contributed by atoms with Gasteiger partial charge in [0.2, 0.25) is 23.6 Å². The summed E-state index contributed by atoms with van der Waals surface area (Å²) in [7, 11) is 0. The van der Waals surface area contributed by atoms with Gasteiger partial charge in [-0.1, -0.05) is 64.3 Å². The van der Waals surface area contributed by atoms with Crippen molar-refractivity contribution in [3.05, 3.63) is 101 Å². The lowest BCUT2D eigenvalue weighted by Crippen LogP contribution is -2.62. The average Bonchev–Trinajstić information content (AvgIpc) is 3.72. The minimum Gasteiger partial charge on any atom is -0.391 e. The molecule has 6 aromatic rings. The van der Waals surface area contributed by atoms with Gasteiger partial charge in [-0.2, -0.15) is 5.10 Å². The van der Waals surface area contributed by atoms with Crippen LogP contribution >= 0.6 is 11.3 Å². The minimum absolute atomic E-state index is 0.00703. The molecule has 4 fully saturated rings. The van der Waals surface area contributed by atoms with Crippen LogP contribution in [0.15, 0.2) is 72.8 Å². The highest BCUT2D eigenvalue weighted by Crippen LogP contribution is 2.42. The lowest BCUT2D eigenvalue weighted by atomic mass is 9.71. The Hall–Kier alpha value is -7.06. The van der Waals surface area contributed by atoms with Crippen molar-refractivity contribution >= 4 is 58.0 Å². The Labute approximate surface area is 451 Å². The molecule has 77 heavy (non-hydrogen) atoms. The zero-order valence-electron chi connectivity index (χ0n) is 44.3. The number of likely N-dealkylation sites (tertiary alicyclic amines) is 3. The molecule has 1 aliphatic carbocycles. The van der Waals surface area contributed by atoms with Crippen LogP contribution in [0, 0.1) is 23.6 Å². The summed E-state index contributed by atoms with van der Waals surface area (Å²) >= 11 is 1.57. The van der Waals surface area contributed by atoms with Crippen molar-refractivity contribution in [3.63, 3.8) is 0 Å². The summed E-state index contributed by atoms with van der Waals surface area (Å²) in [6.45, 7) is 10.3. The molecule has 10 rings (SSSR count). The number of β-amino-alcohol motifs (C(OH)–C–C–N with tert-alkyl or cyclic N) is 1. The Morgan fingerprint density at radius 1 is 0.922 bits per heavy atom. The molecule has 7 heterocycles. The number of rotatable bonds is 19. The number of aliphatic hydroxyl groups is 1. The van der Waals surface area contributed by atoms with Gasteiger partial charge in [0.05, 0.1) is 51.7 Å². The first kappa shape index (κ1) is 53.3. The summed E-state index contributed by atoms with van der Waals surface area (Å²) < 4.78 is 17.7. The molecule has 20 heteroatoms. The number of piperidine rings is 1. The monoisotopic (exact) mass is 1070 g/mol. The molecule has 3 saturated heterocycles. The molecular weight excluding hydrogens is 1000 g/mol. The van der Waals surface area contributed by atoms with E-state index in [1.807, 2.05) is 73.0 Å². The number of imidazole rings is 1. The minimum atomic E-state index is -0.892. The van der Waals surface area contributed by atoms with Gasteiger partial charge in [-0.25, -0.2) is 19.3 Å². The van der Waals surface area contributed by atoms with Crippen LogP contribution in [0.5, 0.6) is 0 Å². The van der Waals surface area contributed by atoms with Crippen LogP contribution in [0.2, 0.25) is 0 Å². The Kier molecular flexibility index (Phi) is 15.6. The fourth-order valence-corrected chi connectivity index (χ4v) is 11.8. The van der Waals surface area contributed by atoms with E-state index in [4.69, 9.17) is 4.98 Å². The van der Waals surface area contributed by atoms with Crippen molar-refractivity contribution < 1.29 is 33.5 Å². The summed E-state index contributed by atoms with van der Waals surface area (Å²) in [6, 6.07) is 10.7. The number of hydrogen-bond acceptors (Lipinski definition) is 12. The summed E-state index contributed by atoms with van der Waals surface area (Å²) in [4.78, 5) is 87.6. The number of amides is 5. The smallest absolute Gasteiger partial charge is 0.253 e. The van der Waals surface area contributed by atoms with Crippen molar-refractivity contribution in [1.82, 2.24) is 54.9 Å². The second-order valence-electron chi connectivity index (χ2n) is 22.7. The molecule has 5 amide bonds. The molecule has 2 aromatic carbocycles. The van der Waals surface area contributed by atoms with Gasteiger partial charge in [0.25, 0.3) is 5.91 Å². The average molecular weight is 1070 g/mol. The molecule has 1 spiro atoms. The number of aliphatic hydroxyl groups excluding tert-OH is 1. The third-order valence-electron chi connectivity index (χ3n) is 15.8. The van der Waals surface area contributed by atoms with Crippen LogP contribution in [0.3, 0.4) is 0 Å². The Morgan fingerprint density at radius 3 is 2.34 bits per heavy atom. The Morgan fingerprint density at radius 2 is 1.66 bits per heavy atom. The summed E-state index contributed by atoms with van der Waals surface area (Å²) in [6.07, 6.45) is 14.8. The number of hydrogen-bond donors (Lipinski definition) is 5. The van der Waals surface area contributed by atoms with E-state index >= 15 is 4.39 Å². The number of fused-ring (bicyclic) bond motifs is 1. The van der Waals surface area contributed by atoms with Gasteiger partial charge < -0.3 is 35.8 Å². The van der Waals surface area contributed by atoms with Crippen molar-refractivity contribution in [3.8, 4) is 21.7 Å². The molecule has 0 unspecified atom stereocenters. The maximum absolute atomic E-state index is 15.7. The normalized spacial score (nSPS) is 18.6. The zero-order chi connectivity index (χ0) is 54.0. The molecule has 5 N–H and O–H groups in total. The number of carbonyl (C=O) groups excluding carboxylic acids is 5. The molecule has 4 aromatic heterocycles. The number of unbranched alkanes of at least 4 members (excludes halogenated alkanes) is 4. The third kappa shape index (κ3) is 12.1. The van der Waals surface area contributed by atoms with E-state index in [1.54, 1.807) is 47.0 Å². The highest BCUT2D eigenvalue weighted by atomic mass is 32.1. The Bertz CT molecular complexity index is 3110. The molecule has 1 saturated carbocycles. The fourth-order valence-electron chi connectivity index (χ4n) is 11.0. The molecule has 0 radical (unpaired) electrons. The first-order valence-electron chi connectivity index (χ1n) is 27.1. The fraction of sp³-hybridized carbons (Fsp3) is 0.491. The number of nitrogens with zero attached hydrogens (tertiary/aromatic N) is 8. The summed E-state index contributed by atoms with van der Waals surface area (Å²) in [5.41, 5.74) is 7.73. The number of anilines is 2. The van der Waals surface area contributed by atoms with Gasteiger partial charge in [-0.15, -0.1) is 11.3 Å². The summed E-state index contributed by atoms with van der Waals surface area (Å²) in [5, 5.41) is 26.6. The van der Waals surface area contributed by atoms with Gasteiger partial charge in [0, 0.05) is 93.4 Å². The largest absolute Gasteiger partial charge is 0.391 e. The van der Waals surface area contributed by atoms with Gasteiger partial charge in [-0.3, -0.25) is 33.5 Å². The number of thiazole rings is 1. The number of halogens is 1. The van der Waals surface area contributed by atoms with Gasteiger partial charge in [0.15, 0.2) is 11.5 Å². The van der Waals surface area contributed by atoms with Gasteiger partial charge >= 0.3 is 0 Å². The molecule has 3 atom stereocenters. The van der Waals surface area contributed by atoms with Crippen LogP contribution in [0.4, 0.5) is 15.9 Å². The predicted octanol–water partition coefficient (Wildman–Crippen LogP) is 7.92.